The Labute approximate surface area is 403 Å². The van der Waals surface area contributed by atoms with Gasteiger partial charge >= 0.3 is 12.2 Å². The number of phenolic OH excluding ortho intramolecular Hbond substituents is 1. The summed E-state index contributed by atoms with van der Waals surface area (Å²) in [7, 11) is 0. The van der Waals surface area contributed by atoms with Crippen molar-refractivity contribution in [2.24, 2.45) is 0 Å². The van der Waals surface area contributed by atoms with Gasteiger partial charge in [0.05, 0.1) is 22.0 Å². The fourth-order valence-corrected chi connectivity index (χ4v) is 4.83. The van der Waals surface area contributed by atoms with Crippen molar-refractivity contribution in [2.75, 3.05) is 16.4 Å². The number of non-ortho nitro benzene ring substituents is 2. The number of rotatable bonds is 6. The number of nitrogens with zero attached hydrogens (tertiary/aromatic N) is 5. The molecule has 0 aliphatic carbocycles. The second kappa shape index (κ2) is 29.1. The van der Waals surface area contributed by atoms with E-state index >= 15 is 0 Å². The molecule has 0 aliphatic heterocycles. The van der Waals surface area contributed by atoms with Crippen LogP contribution in [0.3, 0.4) is 0 Å². The summed E-state index contributed by atoms with van der Waals surface area (Å²) in [4.78, 5) is 54.2. The Bertz CT molecular complexity index is 2210. The van der Waals surface area contributed by atoms with Crippen LogP contribution in [0.15, 0.2) is 91.4 Å². The number of hydrogen-bond acceptors (Lipinski definition) is 14. The predicted octanol–water partition coefficient (Wildman–Crippen LogP) is 13.1. The smallest absolute Gasteiger partial charge is 0.413 e. The first kappa shape index (κ1) is 57.7. The molecule has 0 saturated carbocycles. The third-order valence-electron chi connectivity index (χ3n) is 6.03. The summed E-state index contributed by atoms with van der Waals surface area (Å²) in [6, 6.07) is 17.4. The van der Waals surface area contributed by atoms with E-state index < -0.39 is 33.2 Å². The molecule has 0 unspecified atom stereocenters. The molecule has 5 rings (SSSR count). The number of hydrogen-bond donors (Lipinski definition) is 4. The highest BCUT2D eigenvalue weighted by Gasteiger charge is 2.18. The van der Waals surface area contributed by atoms with Gasteiger partial charge in [0.2, 0.25) is 0 Å². The summed E-state index contributed by atoms with van der Waals surface area (Å²) < 4.78 is 17.1. The van der Waals surface area contributed by atoms with Crippen LogP contribution in [0.4, 0.5) is 38.4 Å². The van der Waals surface area contributed by atoms with Crippen LogP contribution in [0.1, 0.15) is 69.2 Å². The summed E-state index contributed by atoms with van der Waals surface area (Å²) in [5.41, 5.74) is 4.60. The molecular formula is C41H50Cl2I2N8O10. The fraction of sp³-hybridized carbons (Fsp3) is 0.293. The number of amides is 2. The van der Waals surface area contributed by atoms with Crippen molar-refractivity contribution in [3.63, 3.8) is 0 Å². The van der Waals surface area contributed by atoms with Gasteiger partial charge in [0.25, 0.3) is 11.4 Å². The summed E-state index contributed by atoms with van der Waals surface area (Å²) in [6.07, 6.45) is 3.49. The number of pyridine rings is 3. The Kier molecular flexibility index (Phi) is 26.7. The topological polar surface area (TPSA) is 257 Å². The highest BCUT2D eigenvalue weighted by atomic mass is 127. The lowest BCUT2D eigenvalue weighted by Crippen LogP contribution is -2.27. The third kappa shape index (κ3) is 24.8. The van der Waals surface area contributed by atoms with E-state index in [1.54, 1.807) is 65.8 Å². The van der Waals surface area contributed by atoms with Crippen LogP contribution >= 0.6 is 68.4 Å². The average Bonchev–Trinajstić information content (AvgIpc) is 3.20. The van der Waals surface area contributed by atoms with Crippen molar-refractivity contribution >= 4 is 109 Å². The Morgan fingerprint density at radius 3 is 1.63 bits per heavy atom. The quantitative estimate of drug-likeness (QED) is 0.0701. The lowest BCUT2D eigenvalue weighted by molar-refractivity contribution is -0.385. The van der Waals surface area contributed by atoms with Gasteiger partial charge in [-0.1, -0.05) is 50.9 Å². The minimum Gasteiger partial charge on any atom is -0.508 e. The zero-order valence-electron chi connectivity index (χ0n) is 36.1. The molecule has 2 aromatic carbocycles. The number of benzene rings is 2. The van der Waals surface area contributed by atoms with E-state index in [1.165, 1.54) is 67.1 Å². The highest BCUT2D eigenvalue weighted by Crippen LogP contribution is 2.30. The molecule has 0 aliphatic rings. The zero-order chi connectivity index (χ0) is 48.5. The number of halogens is 4. The van der Waals surface area contributed by atoms with E-state index in [4.69, 9.17) is 48.3 Å². The van der Waals surface area contributed by atoms with Crippen LogP contribution in [0.5, 0.6) is 17.2 Å². The molecule has 3 heterocycles. The number of carbonyl (C=O) groups is 2. The Morgan fingerprint density at radius 1 is 0.698 bits per heavy atom. The second-order valence-electron chi connectivity index (χ2n) is 13.2. The monoisotopic (exact) mass is 1140 g/mol. The van der Waals surface area contributed by atoms with Crippen LogP contribution in [0.25, 0.3) is 0 Å². The lowest BCUT2D eigenvalue weighted by atomic mass is 10.2. The first-order valence-corrected chi connectivity index (χ1v) is 21.5. The first-order chi connectivity index (χ1) is 29.4. The van der Waals surface area contributed by atoms with Crippen molar-refractivity contribution in [1.29, 1.82) is 0 Å². The summed E-state index contributed by atoms with van der Waals surface area (Å²) >= 11 is 15.7. The van der Waals surface area contributed by atoms with Gasteiger partial charge in [0.15, 0.2) is 0 Å². The van der Waals surface area contributed by atoms with Gasteiger partial charge in [-0.25, -0.2) is 24.5 Å². The third-order valence-corrected chi connectivity index (χ3v) is 9.07. The Hall–Kier alpha value is -5.33. The van der Waals surface area contributed by atoms with Gasteiger partial charge in [-0.05, 0) is 129 Å². The minimum atomic E-state index is -0.544. The van der Waals surface area contributed by atoms with Crippen LogP contribution in [-0.2, 0) is 9.47 Å². The summed E-state index contributed by atoms with van der Waals surface area (Å²) in [5.74, 6) is 2.26. The second-order valence-corrected chi connectivity index (χ2v) is 16.2. The molecule has 22 heteroatoms. The molecule has 2 amide bonds. The molecule has 0 radical (unpaired) electrons. The molecule has 18 nitrogen and oxygen atoms in total. The Balaban J connectivity index is 0.000000804. The average molecular weight is 1140 g/mol. The van der Waals surface area contributed by atoms with Crippen LogP contribution in [0.2, 0.25) is 10.0 Å². The molecule has 3 aromatic heterocycles. The molecule has 5 N–H and O–H groups in total. The maximum absolute atomic E-state index is 11.5. The van der Waals surface area contributed by atoms with Gasteiger partial charge in [-0.15, -0.1) is 0 Å². The SMILES string of the molecule is CC.CC.CC(C)(C)OC(=O)Nc1cc(Cl)ccn1.CC(C)(C)OC(=O)Nc1nccc(Cl)c1I.Nc1nccc(Oc2ccc([N+](=O)[O-])cc2)c1I.O=[N+]([O-])c1ccc(O)cc1. The maximum atomic E-state index is 11.5. The molecule has 0 spiro atoms. The molecule has 342 valence electrons. The van der Waals surface area contributed by atoms with Crippen LogP contribution in [0, 0.1) is 27.4 Å². The van der Waals surface area contributed by atoms with E-state index in [0.29, 0.717) is 46.1 Å². The van der Waals surface area contributed by atoms with Gasteiger partial charge in [-0.2, -0.15) is 0 Å². The van der Waals surface area contributed by atoms with Crippen molar-refractivity contribution in [1.82, 2.24) is 15.0 Å². The van der Waals surface area contributed by atoms with E-state index in [-0.39, 0.29) is 17.1 Å². The van der Waals surface area contributed by atoms with Crippen LogP contribution < -0.4 is 21.1 Å². The predicted molar refractivity (Wildman–Crippen MR) is 263 cm³/mol. The van der Waals surface area contributed by atoms with Gasteiger partial charge in [-0.3, -0.25) is 30.9 Å². The number of nitro groups is 2. The number of carbonyl (C=O) groups excluding carboxylic acids is 2. The van der Waals surface area contributed by atoms with Gasteiger partial charge in [0.1, 0.15) is 45.9 Å². The maximum Gasteiger partial charge on any atom is 0.413 e. The molecule has 0 bridgehead atoms. The largest absolute Gasteiger partial charge is 0.508 e. The number of aromatic nitrogens is 3. The lowest BCUT2D eigenvalue weighted by Gasteiger charge is -2.19. The van der Waals surface area contributed by atoms with E-state index in [9.17, 15) is 29.8 Å². The number of nitrogens with two attached hydrogens (primary N) is 1. The number of nitrogen functional groups attached to an aromatic ring is 1. The number of anilines is 3. The van der Waals surface area contributed by atoms with Crippen molar-refractivity contribution in [2.45, 2.75) is 80.4 Å². The standard InChI is InChI=1S/C11H8IN3O3.C10H12ClIN2O2.C10H13ClN2O2.C6H5NO3.2C2H6/c12-10-9(5-6-14-11(10)13)18-8-3-1-7(2-4-8)15(16)17;1-10(2,3)16-9(15)14-8-7(12)6(11)4-5-13-8;1-10(2,3)15-9(14)13-8-6-7(11)4-5-12-8;8-6-3-1-5(2-4-6)7(9)10;2*1-2/h1-6H,(H2,13,14);4-5H,1-3H3,(H,13,14,15);4-6H,1-3H3,(H,12,13,14);1-4,8H;2*1-2H3. The first-order valence-electron chi connectivity index (χ1n) is 18.6. The molecule has 5 aromatic rings. The number of phenols is 1. The molecule has 0 atom stereocenters. The summed E-state index contributed by atoms with van der Waals surface area (Å²) in [6.45, 7) is 18.8. The van der Waals surface area contributed by atoms with Crippen molar-refractivity contribution in [3.05, 3.63) is 129 Å². The van der Waals surface area contributed by atoms with Crippen LogP contribution in [-0.4, -0.2) is 53.3 Å². The molecule has 0 fully saturated rings. The van der Waals surface area contributed by atoms with E-state index in [0.717, 1.165) is 0 Å². The van der Waals surface area contributed by atoms with Gasteiger partial charge in [0, 0.05) is 53.9 Å². The summed E-state index contributed by atoms with van der Waals surface area (Å²) in [5, 5.41) is 35.3. The number of nitro benzene ring substituents is 2. The number of aromatic hydroxyl groups is 1. The van der Waals surface area contributed by atoms with Crippen molar-refractivity contribution in [3.8, 4) is 17.2 Å². The van der Waals surface area contributed by atoms with Crippen molar-refractivity contribution < 1.29 is 38.8 Å². The normalized spacial score (nSPS) is 9.94. The van der Waals surface area contributed by atoms with E-state index in [2.05, 4.69) is 25.6 Å². The molecular weight excluding hydrogens is 1090 g/mol. The fourth-order valence-electron chi connectivity index (χ4n) is 3.65. The molecule has 0 saturated heterocycles. The van der Waals surface area contributed by atoms with Gasteiger partial charge < -0.3 is 25.1 Å². The number of nitrogens with one attached hydrogen (secondary N) is 2. The van der Waals surface area contributed by atoms with E-state index in [1.807, 2.05) is 72.9 Å². The Morgan fingerprint density at radius 2 is 1.16 bits per heavy atom. The minimum absolute atomic E-state index is 0.0159. The number of ether oxygens (including phenoxy) is 3. The highest BCUT2D eigenvalue weighted by molar-refractivity contribution is 14.1. The zero-order valence-corrected chi connectivity index (χ0v) is 41.9. The molecule has 63 heavy (non-hydrogen) atoms.